The van der Waals surface area contributed by atoms with E-state index in [9.17, 15) is 4.79 Å². The number of halogens is 1. The number of nitrogens with one attached hydrogen (secondary N) is 1. The van der Waals surface area contributed by atoms with Crippen molar-refractivity contribution in [2.45, 2.75) is 13.1 Å². The summed E-state index contributed by atoms with van der Waals surface area (Å²) in [6.07, 6.45) is 1.59. The third-order valence-electron chi connectivity index (χ3n) is 2.36. The number of furan rings is 1. The number of carbonyl (C=O) groups is 1. The SMILES string of the molecule is CN(Cc1cc(Br)cs1)C(=O)NCc1ccco1. The lowest BCUT2D eigenvalue weighted by Crippen LogP contribution is -2.36. The predicted molar refractivity (Wildman–Crippen MR) is 74.4 cm³/mol. The van der Waals surface area contributed by atoms with Gasteiger partial charge < -0.3 is 14.6 Å². The zero-order valence-corrected chi connectivity index (χ0v) is 12.3. The molecule has 0 bridgehead atoms. The van der Waals surface area contributed by atoms with E-state index in [1.807, 2.05) is 17.5 Å². The van der Waals surface area contributed by atoms with Crippen molar-refractivity contribution in [2.24, 2.45) is 0 Å². The van der Waals surface area contributed by atoms with Gasteiger partial charge in [0.05, 0.1) is 19.4 Å². The smallest absolute Gasteiger partial charge is 0.317 e. The first kappa shape index (κ1) is 13.2. The highest BCUT2D eigenvalue weighted by atomic mass is 79.9. The number of hydrogen-bond acceptors (Lipinski definition) is 3. The fourth-order valence-electron chi connectivity index (χ4n) is 1.45. The number of rotatable bonds is 4. The molecule has 2 rings (SSSR count). The van der Waals surface area contributed by atoms with Crippen molar-refractivity contribution >= 4 is 33.3 Å². The van der Waals surface area contributed by atoms with Crippen molar-refractivity contribution < 1.29 is 9.21 Å². The van der Waals surface area contributed by atoms with E-state index in [1.165, 1.54) is 0 Å². The lowest BCUT2D eigenvalue weighted by molar-refractivity contribution is 0.206. The summed E-state index contributed by atoms with van der Waals surface area (Å²) in [6.45, 7) is 1.00. The van der Waals surface area contributed by atoms with Gasteiger partial charge in [0.25, 0.3) is 0 Å². The zero-order valence-electron chi connectivity index (χ0n) is 9.85. The molecule has 2 heterocycles. The van der Waals surface area contributed by atoms with Gasteiger partial charge in [-0.2, -0.15) is 0 Å². The summed E-state index contributed by atoms with van der Waals surface area (Å²) in [5.74, 6) is 0.746. The van der Waals surface area contributed by atoms with Crippen LogP contribution < -0.4 is 5.32 Å². The number of nitrogens with zero attached hydrogens (tertiary/aromatic N) is 1. The van der Waals surface area contributed by atoms with Crippen LogP contribution in [-0.4, -0.2) is 18.0 Å². The number of amides is 2. The van der Waals surface area contributed by atoms with E-state index >= 15 is 0 Å². The number of urea groups is 1. The second kappa shape index (κ2) is 6.06. The Bertz CT molecular complexity index is 510. The normalized spacial score (nSPS) is 10.3. The van der Waals surface area contributed by atoms with Crippen LogP contribution in [0.15, 0.2) is 38.7 Å². The molecule has 0 atom stereocenters. The minimum atomic E-state index is -0.115. The standard InChI is InChI=1S/C12H13BrN2O2S/c1-15(7-11-5-9(13)8-18-11)12(16)14-6-10-3-2-4-17-10/h2-5,8H,6-7H2,1H3,(H,14,16). The summed E-state index contributed by atoms with van der Waals surface area (Å²) in [7, 11) is 1.77. The summed E-state index contributed by atoms with van der Waals surface area (Å²) in [5, 5.41) is 4.80. The molecule has 0 aliphatic rings. The van der Waals surface area contributed by atoms with Gasteiger partial charge in [-0.3, -0.25) is 0 Å². The molecule has 0 saturated heterocycles. The predicted octanol–water partition coefficient (Wildman–Crippen LogP) is 3.45. The highest BCUT2D eigenvalue weighted by Crippen LogP contribution is 2.20. The van der Waals surface area contributed by atoms with Gasteiger partial charge in [-0.05, 0) is 34.1 Å². The molecule has 0 fully saturated rings. The van der Waals surface area contributed by atoms with Gasteiger partial charge in [-0.15, -0.1) is 11.3 Å². The number of hydrogen-bond donors (Lipinski definition) is 1. The Morgan fingerprint density at radius 1 is 1.61 bits per heavy atom. The molecular weight excluding hydrogens is 316 g/mol. The van der Waals surface area contributed by atoms with Crippen LogP contribution in [0.5, 0.6) is 0 Å². The molecule has 0 saturated carbocycles. The first-order valence-corrected chi connectivity index (χ1v) is 7.06. The highest BCUT2D eigenvalue weighted by molar-refractivity contribution is 9.10. The zero-order chi connectivity index (χ0) is 13.0. The van der Waals surface area contributed by atoms with Gasteiger partial charge in [0.2, 0.25) is 0 Å². The summed E-state index contributed by atoms with van der Waals surface area (Å²) < 4.78 is 6.20. The first-order chi connectivity index (χ1) is 8.65. The molecule has 6 heteroatoms. The third-order valence-corrected chi connectivity index (χ3v) is 4.04. The Balaban J connectivity index is 1.81. The van der Waals surface area contributed by atoms with E-state index < -0.39 is 0 Å². The summed E-state index contributed by atoms with van der Waals surface area (Å²) in [4.78, 5) is 14.6. The molecule has 0 aliphatic carbocycles. The summed E-state index contributed by atoms with van der Waals surface area (Å²) in [6, 6.07) is 5.53. The minimum absolute atomic E-state index is 0.115. The van der Waals surface area contributed by atoms with Crippen molar-refractivity contribution in [3.05, 3.63) is 45.0 Å². The van der Waals surface area contributed by atoms with E-state index in [2.05, 4.69) is 21.2 Å². The minimum Gasteiger partial charge on any atom is -0.467 e. The van der Waals surface area contributed by atoms with Crippen LogP contribution in [0.1, 0.15) is 10.6 Å². The summed E-state index contributed by atoms with van der Waals surface area (Å²) >= 11 is 5.02. The van der Waals surface area contributed by atoms with Crippen LogP contribution in [0.3, 0.4) is 0 Å². The lowest BCUT2D eigenvalue weighted by atomic mass is 10.4. The van der Waals surface area contributed by atoms with Crippen LogP contribution in [0.4, 0.5) is 4.79 Å². The maximum atomic E-state index is 11.8. The second-order valence-electron chi connectivity index (χ2n) is 3.83. The van der Waals surface area contributed by atoms with E-state index in [0.717, 1.165) is 15.1 Å². The topological polar surface area (TPSA) is 45.5 Å². The Morgan fingerprint density at radius 2 is 2.44 bits per heavy atom. The van der Waals surface area contributed by atoms with Gasteiger partial charge in [0.1, 0.15) is 5.76 Å². The lowest BCUT2D eigenvalue weighted by Gasteiger charge is -2.16. The van der Waals surface area contributed by atoms with Gasteiger partial charge in [-0.25, -0.2) is 4.79 Å². The highest BCUT2D eigenvalue weighted by Gasteiger charge is 2.10. The molecule has 0 radical (unpaired) electrons. The second-order valence-corrected chi connectivity index (χ2v) is 5.74. The van der Waals surface area contributed by atoms with Crippen molar-refractivity contribution in [2.75, 3.05) is 7.05 Å². The van der Waals surface area contributed by atoms with Crippen LogP contribution in [0, 0.1) is 0 Å². The molecule has 0 aliphatic heterocycles. The van der Waals surface area contributed by atoms with Crippen molar-refractivity contribution in [1.82, 2.24) is 10.2 Å². The Kier molecular flexibility index (Phi) is 4.43. The molecule has 0 aromatic carbocycles. The molecule has 4 nitrogen and oxygen atoms in total. The van der Waals surface area contributed by atoms with E-state index in [4.69, 9.17) is 4.42 Å². The largest absolute Gasteiger partial charge is 0.467 e. The van der Waals surface area contributed by atoms with Crippen LogP contribution >= 0.6 is 27.3 Å². The Labute approximate surface area is 118 Å². The molecule has 96 valence electrons. The molecule has 2 aromatic heterocycles. The molecule has 18 heavy (non-hydrogen) atoms. The monoisotopic (exact) mass is 328 g/mol. The maximum absolute atomic E-state index is 11.8. The first-order valence-electron chi connectivity index (χ1n) is 5.39. The molecule has 0 spiro atoms. The fourth-order valence-corrected chi connectivity index (χ4v) is 2.96. The molecule has 0 unspecified atom stereocenters. The Morgan fingerprint density at radius 3 is 3.06 bits per heavy atom. The number of thiophene rings is 1. The molecule has 2 amide bonds. The van der Waals surface area contributed by atoms with Crippen LogP contribution in [-0.2, 0) is 13.1 Å². The fraction of sp³-hybridized carbons (Fsp3) is 0.250. The molecular formula is C12H13BrN2O2S. The van der Waals surface area contributed by atoms with E-state index in [0.29, 0.717) is 13.1 Å². The van der Waals surface area contributed by atoms with Gasteiger partial charge in [0.15, 0.2) is 0 Å². The van der Waals surface area contributed by atoms with E-state index in [-0.39, 0.29) is 6.03 Å². The van der Waals surface area contributed by atoms with E-state index in [1.54, 1.807) is 35.6 Å². The third kappa shape index (κ3) is 3.61. The van der Waals surface area contributed by atoms with Gasteiger partial charge >= 0.3 is 6.03 Å². The number of carbonyl (C=O) groups excluding carboxylic acids is 1. The van der Waals surface area contributed by atoms with Crippen molar-refractivity contribution in [3.8, 4) is 0 Å². The van der Waals surface area contributed by atoms with Gasteiger partial charge in [-0.1, -0.05) is 0 Å². The Hall–Kier alpha value is -1.27. The van der Waals surface area contributed by atoms with Crippen LogP contribution in [0.2, 0.25) is 0 Å². The average Bonchev–Trinajstić information content (AvgIpc) is 2.97. The quantitative estimate of drug-likeness (QED) is 0.934. The maximum Gasteiger partial charge on any atom is 0.317 e. The summed E-state index contributed by atoms with van der Waals surface area (Å²) in [5.41, 5.74) is 0. The molecule has 1 N–H and O–H groups in total. The average molecular weight is 329 g/mol. The van der Waals surface area contributed by atoms with Crippen molar-refractivity contribution in [3.63, 3.8) is 0 Å². The van der Waals surface area contributed by atoms with Gasteiger partial charge in [0, 0.05) is 21.8 Å². The van der Waals surface area contributed by atoms with Crippen LogP contribution in [0.25, 0.3) is 0 Å². The van der Waals surface area contributed by atoms with Crippen molar-refractivity contribution in [1.29, 1.82) is 0 Å². The molecule has 2 aromatic rings.